The van der Waals surface area contributed by atoms with E-state index in [1.165, 1.54) is 0 Å². The van der Waals surface area contributed by atoms with Crippen molar-refractivity contribution in [1.82, 2.24) is 9.38 Å². The van der Waals surface area contributed by atoms with Gasteiger partial charge in [0.25, 0.3) is 0 Å². The van der Waals surface area contributed by atoms with Crippen LogP contribution in [-0.2, 0) is 0 Å². The number of carbonyl (C=O) groups excluding carboxylic acids is 1. The number of rotatable bonds is 1. The summed E-state index contributed by atoms with van der Waals surface area (Å²) < 4.78 is 2.04. The minimum Gasteiger partial charge on any atom is -0.299 e. The first kappa shape index (κ1) is 9.09. The second-order valence-electron chi connectivity index (χ2n) is 3.88. The van der Waals surface area contributed by atoms with E-state index >= 15 is 0 Å². The number of carbonyl (C=O) groups is 1. The van der Waals surface area contributed by atoms with Crippen LogP contribution in [0.15, 0.2) is 36.5 Å². The molecule has 0 aliphatic heterocycles. The lowest BCUT2D eigenvalue weighted by Gasteiger charge is -2.01. The smallest absolute Gasteiger partial charge is 0.150 e. The Morgan fingerprint density at radius 2 is 2.12 bits per heavy atom. The van der Waals surface area contributed by atoms with Crippen molar-refractivity contribution in [2.24, 2.45) is 0 Å². The maximum absolute atomic E-state index is 10.7. The Bertz CT molecular complexity index is 698. The molecule has 0 atom stereocenters. The van der Waals surface area contributed by atoms with Crippen molar-refractivity contribution in [2.45, 2.75) is 6.92 Å². The molecule has 0 amide bonds. The number of aromatic nitrogens is 2. The third-order valence-electron chi connectivity index (χ3n) is 2.71. The molecular formula is C13H10N2O. The van der Waals surface area contributed by atoms with Crippen molar-refractivity contribution >= 4 is 22.8 Å². The van der Waals surface area contributed by atoms with Gasteiger partial charge in [-0.3, -0.25) is 9.20 Å². The van der Waals surface area contributed by atoms with Gasteiger partial charge < -0.3 is 0 Å². The van der Waals surface area contributed by atoms with Crippen LogP contribution >= 0.6 is 0 Å². The van der Waals surface area contributed by atoms with E-state index in [0.29, 0.717) is 5.56 Å². The van der Waals surface area contributed by atoms with E-state index in [2.05, 4.69) is 4.98 Å². The van der Waals surface area contributed by atoms with Crippen molar-refractivity contribution in [2.75, 3.05) is 0 Å². The summed E-state index contributed by atoms with van der Waals surface area (Å²) >= 11 is 0. The van der Waals surface area contributed by atoms with E-state index in [0.717, 1.165) is 28.5 Å². The van der Waals surface area contributed by atoms with Gasteiger partial charge in [-0.05, 0) is 42.6 Å². The molecule has 3 aromatic rings. The van der Waals surface area contributed by atoms with Gasteiger partial charge in [0.2, 0.25) is 0 Å². The molecule has 2 heterocycles. The van der Waals surface area contributed by atoms with Crippen molar-refractivity contribution in [3.8, 4) is 0 Å². The molecule has 0 unspecified atom stereocenters. The zero-order chi connectivity index (χ0) is 11.1. The number of fused-ring (bicyclic) bond motifs is 3. The predicted octanol–water partition coefficient (Wildman–Crippen LogP) is 2.61. The molecule has 3 heteroatoms. The van der Waals surface area contributed by atoms with Crippen LogP contribution in [0.1, 0.15) is 16.1 Å². The van der Waals surface area contributed by atoms with E-state index in [-0.39, 0.29) is 0 Å². The number of pyridine rings is 1. The normalized spacial score (nSPS) is 11.1. The molecule has 78 valence electrons. The van der Waals surface area contributed by atoms with Crippen molar-refractivity contribution in [1.29, 1.82) is 0 Å². The van der Waals surface area contributed by atoms with E-state index in [1.54, 1.807) is 0 Å². The summed E-state index contributed by atoms with van der Waals surface area (Å²) in [4.78, 5) is 15.1. The monoisotopic (exact) mass is 210 g/mol. The maximum Gasteiger partial charge on any atom is 0.150 e. The van der Waals surface area contributed by atoms with E-state index in [4.69, 9.17) is 0 Å². The molecule has 0 aliphatic carbocycles. The Labute approximate surface area is 92.3 Å². The third-order valence-corrected chi connectivity index (χ3v) is 2.71. The van der Waals surface area contributed by atoms with Crippen LogP contribution in [0.5, 0.6) is 0 Å². The Hall–Kier alpha value is -2.16. The van der Waals surface area contributed by atoms with Crippen LogP contribution < -0.4 is 0 Å². The summed E-state index contributed by atoms with van der Waals surface area (Å²) in [5.74, 6) is 0. The van der Waals surface area contributed by atoms with Gasteiger partial charge in [-0.15, -0.1) is 0 Å². The number of aldehydes is 1. The van der Waals surface area contributed by atoms with Crippen molar-refractivity contribution in [3.05, 3.63) is 47.8 Å². The highest BCUT2D eigenvalue weighted by atomic mass is 16.1. The molecule has 0 saturated heterocycles. The van der Waals surface area contributed by atoms with Crippen LogP contribution in [0.25, 0.3) is 16.6 Å². The fourth-order valence-corrected chi connectivity index (χ4v) is 1.99. The van der Waals surface area contributed by atoms with Crippen molar-refractivity contribution < 1.29 is 4.79 Å². The molecule has 0 N–H and O–H groups in total. The zero-order valence-corrected chi connectivity index (χ0v) is 8.84. The van der Waals surface area contributed by atoms with Gasteiger partial charge in [-0.2, -0.15) is 0 Å². The van der Waals surface area contributed by atoms with Crippen LogP contribution in [0.2, 0.25) is 0 Å². The molecular weight excluding hydrogens is 200 g/mol. The second kappa shape index (κ2) is 3.17. The first-order chi connectivity index (χ1) is 7.78. The van der Waals surface area contributed by atoms with Crippen molar-refractivity contribution in [3.63, 3.8) is 0 Å². The molecule has 0 bridgehead atoms. The summed E-state index contributed by atoms with van der Waals surface area (Å²) in [6.45, 7) is 1.97. The number of imidazole rings is 1. The van der Waals surface area contributed by atoms with Gasteiger partial charge in [0.05, 0.1) is 11.2 Å². The van der Waals surface area contributed by atoms with Gasteiger partial charge >= 0.3 is 0 Å². The summed E-state index contributed by atoms with van der Waals surface area (Å²) in [7, 11) is 0. The van der Waals surface area contributed by atoms with Gasteiger partial charge in [0, 0.05) is 11.8 Å². The Balaban J connectivity index is 2.46. The second-order valence-corrected chi connectivity index (χ2v) is 3.88. The largest absolute Gasteiger partial charge is 0.299 e. The Morgan fingerprint density at radius 1 is 1.25 bits per heavy atom. The molecule has 0 fully saturated rings. The van der Waals surface area contributed by atoms with E-state index < -0.39 is 0 Å². The minimum absolute atomic E-state index is 0.698. The molecule has 0 spiro atoms. The highest BCUT2D eigenvalue weighted by Gasteiger charge is 2.02. The SMILES string of the molecule is Cc1cn2c(ccc3cc(C=O)ccc32)n1. The van der Waals surface area contributed by atoms with Gasteiger partial charge in [0.15, 0.2) is 0 Å². The number of benzene rings is 1. The lowest BCUT2D eigenvalue weighted by molar-refractivity contribution is 0.112. The standard InChI is InChI=1S/C13H10N2O/c1-9-7-15-12-4-2-10(8-16)6-11(12)3-5-13(15)14-9/h2-8H,1H3. The molecule has 16 heavy (non-hydrogen) atoms. The predicted molar refractivity (Wildman–Crippen MR) is 62.8 cm³/mol. The molecule has 1 aromatic carbocycles. The first-order valence-corrected chi connectivity index (χ1v) is 5.11. The number of hydrogen-bond acceptors (Lipinski definition) is 2. The fourth-order valence-electron chi connectivity index (χ4n) is 1.99. The molecule has 2 aromatic heterocycles. The quantitative estimate of drug-likeness (QED) is 0.578. The van der Waals surface area contributed by atoms with Gasteiger partial charge in [-0.1, -0.05) is 0 Å². The highest BCUT2D eigenvalue weighted by molar-refractivity contribution is 5.88. The lowest BCUT2D eigenvalue weighted by Crippen LogP contribution is -1.88. The van der Waals surface area contributed by atoms with Crippen LogP contribution in [0.3, 0.4) is 0 Å². The third kappa shape index (κ3) is 1.21. The van der Waals surface area contributed by atoms with Crippen LogP contribution in [0, 0.1) is 6.92 Å². The van der Waals surface area contributed by atoms with E-state index in [9.17, 15) is 4.79 Å². The lowest BCUT2D eigenvalue weighted by atomic mass is 10.1. The first-order valence-electron chi connectivity index (χ1n) is 5.11. The summed E-state index contributed by atoms with van der Waals surface area (Å²) in [5, 5.41) is 1.05. The van der Waals surface area contributed by atoms with Gasteiger partial charge in [-0.25, -0.2) is 4.98 Å². The van der Waals surface area contributed by atoms with Gasteiger partial charge in [0.1, 0.15) is 11.9 Å². The molecule has 0 radical (unpaired) electrons. The number of aryl methyl sites for hydroxylation is 1. The van der Waals surface area contributed by atoms with E-state index in [1.807, 2.05) is 47.9 Å². The molecule has 3 rings (SSSR count). The minimum atomic E-state index is 0.698. The average Bonchev–Trinajstić information content (AvgIpc) is 2.69. The molecule has 0 saturated carbocycles. The molecule has 3 nitrogen and oxygen atoms in total. The van der Waals surface area contributed by atoms with Crippen LogP contribution in [0.4, 0.5) is 0 Å². The number of nitrogens with zero attached hydrogens (tertiary/aromatic N) is 2. The Kier molecular flexibility index (Phi) is 1.80. The summed E-state index contributed by atoms with van der Waals surface area (Å²) in [6, 6.07) is 9.61. The highest BCUT2D eigenvalue weighted by Crippen LogP contribution is 2.18. The average molecular weight is 210 g/mol. The maximum atomic E-state index is 10.7. The van der Waals surface area contributed by atoms with Crippen LogP contribution in [-0.4, -0.2) is 15.7 Å². The summed E-state index contributed by atoms with van der Waals surface area (Å²) in [6.07, 6.45) is 2.86. The zero-order valence-electron chi connectivity index (χ0n) is 8.84. The Morgan fingerprint density at radius 3 is 2.94 bits per heavy atom. The molecule has 0 aliphatic rings. The fraction of sp³-hybridized carbons (Fsp3) is 0.0769. The topological polar surface area (TPSA) is 34.4 Å². The summed E-state index contributed by atoms with van der Waals surface area (Å²) in [5.41, 5.74) is 3.70. The number of hydrogen-bond donors (Lipinski definition) is 0.